The Bertz CT molecular complexity index is 420. The third-order valence-electron chi connectivity index (χ3n) is 2.62. The minimum Gasteiger partial charge on any atom is -0.389 e. The molecule has 0 saturated carbocycles. The maximum atomic E-state index is 9.64. The molecule has 1 rings (SSSR count). The van der Waals surface area contributed by atoms with E-state index in [2.05, 4.69) is 16.7 Å². The third kappa shape index (κ3) is 6.37. The molecule has 0 saturated heterocycles. The summed E-state index contributed by atoms with van der Waals surface area (Å²) in [6, 6.07) is 8.05. The van der Waals surface area contributed by atoms with Gasteiger partial charge in [0.2, 0.25) is 0 Å². The first-order valence-corrected chi connectivity index (χ1v) is 6.29. The molecule has 0 heterocycles. The molecule has 0 spiro atoms. The second-order valence-corrected chi connectivity index (χ2v) is 4.51. The van der Waals surface area contributed by atoms with E-state index in [1.165, 1.54) is 5.56 Å². The second-order valence-electron chi connectivity index (χ2n) is 4.51. The highest BCUT2D eigenvalue weighted by molar-refractivity contribution is 5.36. The summed E-state index contributed by atoms with van der Waals surface area (Å²) >= 11 is 0. The summed E-state index contributed by atoms with van der Waals surface area (Å²) in [5.74, 6) is 5.81. The largest absolute Gasteiger partial charge is 0.389 e. The molecule has 0 aliphatic carbocycles. The van der Waals surface area contributed by atoms with Crippen LogP contribution in [-0.4, -0.2) is 50.0 Å². The number of nitrogens with zero attached hydrogens (tertiary/aromatic N) is 1. The van der Waals surface area contributed by atoms with Crippen LogP contribution in [0.1, 0.15) is 11.1 Å². The van der Waals surface area contributed by atoms with E-state index in [1.54, 1.807) is 7.11 Å². The quantitative estimate of drug-likeness (QED) is 0.730. The average Bonchev–Trinajstić information content (AvgIpc) is 2.38. The van der Waals surface area contributed by atoms with Gasteiger partial charge in [0, 0.05) is 25.8 Å². The van der Waals surface area contributed by atoms with Crippen molar-refractivity contribution in [3.8, 4) is 11.8 Å². The van der Waals surface area contributed by atoms with Crippen LogP contribution in [0.25, 0.3) is 0 Å². The molecule has 1 aromatic rings. The molecule has 1 aromatic carbocycles. The maximum absolute atomic E-state index is 9.64. The van der Waals surface area contributed by atoms with Crippen LogP contribution in [0.2, 0.25) is 0 Å². The smallest absolute Gasteiger partial charge is 0.0900 e. The topological polar surface area (TPSA) is 58.7 Å². The summed E-state index contributed by atoms with van der Waals surface area (Å²) in [4.78, 5) is 2.06. The molecule has 104 valence electrons. The van der Waals surface area contributed by atoms with Crippen molar-refractivity contribution in [2.45, 2.75) is 12.6 Å². The standard InChI is InChI=1S/C15H22N2O2/c1-17(11-15(18)12-19-2)10-14-7-5-13(6-8-14)4-3-9-16/h5-8,15,18H,9-12,16H2,1-2H3. The van der Waals surface area contributed by atoms with Crippen molar-refractivity contribution in [3.05, 3.63) is 35.4 Å². The Morgan fingerprint density at radius 3 is 2.63 bits per heavy atom. The van der Waals surface area contributed by atoms with Gasteiger partial charge in [0.05, 0.1) is 19.3 Å². The van der Waals surface area contributed by atoms with Gasteiger partial charge in [-0.2, -0.15) is 0 Å². The van der Waals surface area contributed by atoms with Gasteiger partial charge < -0.3 is 15.6 Å². The molecular weight excluding hydrogens is 240 g/mol. The lowest BCUT2D eigenvalue weighted by Gasteiger charge is -2.20. The molecule has 4 nitrogen and oxygen atoms in total. The van der Waals surface area contributed by atoms with E-state index in [9.17, 15) is 5.11 Å². The Labute approximate surface area is 115 Å². The first-order valence-electron chi connectivity index (χ1n) is 6.29. The summed E-state index contributed by atoms with van der Waals surface area (Å²) in [5, 5.41) is 9.64. The van der Waals surface area contributed by atoms with Gasteiger partial charge in [-0.3, -0.25) is 4.90 Å². The van der Waals surface area contributed by atoms with E-state index in [4.69, 9.17) is 10.5 Å². The zero-order valence-corrected chi connectivity index (χ0v) is 11.6. The van der Waals surface area contributed by atoms with Gasteiger partial charge in [0.1, 0.15) is 0 Å². The lowest BCUT2D eigenvalue weighted by molar-refractivity contribution is 0.0419. The predicted octanol–water partition coefficient (Wildman–Crippen LogP) is 0.436. The number of hydrogen-bond donors (Lipinski definition) is 2. The van der Waals surface area contributed by atoms with Gasteiger partial charge in [-0.25, -0.2) is 0 Å². The monoisotopic (exact) mass is 262 g/mol. The van der Waals surface area contributed by atoms with Gasteiger partial charge in [-0.15, -0.1) is 0 Å². The molecule has 0 fully saturated rings. The second kappa shape index (κ2) is 8.68. The van der Waals surface area contributed by atoms with Crippen molar-refractivity contribution < 1.29 is 9.84 Å². The van der Waals surface area contributed by atoms with Crippen LogP contribution in [0.3, 0.4) is 0 Å². The first kappa shape index (κ1) is 15.7. The highest BCUT2D eigenvalue weighted by atomic mass is 16.5. The van der Waals surface area contributed by atoms with E-state index in [-0.39, 0.29) is 0 Å². The molecule has 1 atom stereocenters. The number of benzene rings is 1. The van der Waals surface area contributed by atoms with E-state index in [0.29, 0.717) is 19.7 Å². The van der Waals surface area contributed by atoms with E-state index >= 15 is 0 Å². The Morgan fingerprint density at radius 1 is 1.37 bits per heavy atom. The van der Waals surface area contributed by atoms with Crippen LogP contribution in [0.4, 0.5) is 0 Å². The van der Waals surface area contributed by atoms with Crippen LogP contribution in [0, 0.1) is 11.8 Å². The number of hydrogen-bond acceptors (Lipinski definition) is 4. The van der Waals surface area contributed by atoms with E-state index in [1.807, 2.05) is 31.3 Å². The number of ether oxygens (including phenoxy) is 1. The van der Waals surface area contributed by atoms with Crippen LogP contribution in [0.15, 0.2) is 24.3 Å². The van der Waals surface area contributed by atoms with Crippen molar-refractivity contribution in [1.82, 2.24) is 4.90 Å². The van der Waals surface area contributed by atoms with Crippen molar-refractivity contribution in [2.75, 3.05) is 33.9 Å². The molecule has 0 aromatic heterocycles. The van der Waals surface area contributed by atoms with Crippen molar-refractivity contribution in [3.63, 3.8) is 0 Å². The third-order valence-corrected chi connectivity index (χ3v) is 2.62. The van der Waals surface area contributed by atoms with Crippen molar-refractivity contribution >= 4 is 0 Å². The lowest BCUT2D eigenvalue weighted by atomic mass is 10.1. The molecule has 1 unspecified atom stereocenters. The number of nitrogens with two attached hydrogens (primary N) is 1. The van der Waals surface area contributed by atoms with Crippen LogP contribution >= 0.6 is 0 Å². The number of rotatable bonds is 6. The highest BCUT2D eigenvalue weighted by Crippen LogP contribution is 2.06. The zero-order valence-electron chi connectivity index (χ0n) is 11.6. The summed E-state index contributed by atoms with van der Waals surface area (Å²) in [5.41, 5.74) is 7.48. The fraction of sp³-hybridized carbons (Fsp3) is 0.467. The molecule has 0 aliphatic rings. The Balaban J connectivity index is 2.48. The molecule has 0 bridgehead atoms. The fourth-order valence-corrected chi connectivity index (χ4v) is 1.83. The fourth-order valence-electron chi connectivity index (χ4n) is 1.83. The van der Waals surface area contributed by atoms with Crippen molar-refractivity contribution in [2.24, 2.45) is 5.73 Å². The summed E-state index contributed by atoms with van der Waals surface area (Å²) in [7, 11) is 3.56. The molecule has 4 heteroatoms. The minimum atomic E-state index is -0.454. The molecule has 3 N–H and O–H groups in total. The van der Waals surface area contributed by atoms with Crippen LogP contribution in [0.5, 0.6) is 0 Å². The van der Waals surface area contributed by atoms with Gasteiger partial charge >= 0.3 is 0 Å². The van der Waals surface area contributed by atoms with Gasteiger partial charge in [-0.1, -0.05) is 24.0 Å². The number of methoxy groups -OCH3 is 1. The minimum absolute atomic E-state index is 0.359. The number of aliphatic hydroxyl groups excluding tert-OH is 1. The Kier molecular flexibility index (Phi) is 7.16. The van der Waals surface area contributed by atoms with E-state index in [0.717, 1.165) is 12.1 Å². The first-order chi connectivity index (χ1) is 9.15. The Morgan fingerprint density at radius 2 is 2.05 bits per heavy atom. The summed E-state index contributed by atoms with van der Waals surface area (Å²) in [6.45, 7) is 2.10. The molecule has 19 heavy (non-hydrogen) atoms. The highest BCUT2D eigenvalue weighted by Gasteiger charge is 2.08. The normalized spacial score (nSPS) is 12.1. The number of likely N-dealkylation sites (N-methyl/N-ethyl adjacent to an activating group) is 1. The summed E-state index contributed by atoms with van der Waals surface area (Å²) in [6.07, 6.45) is -0.454. The van der Waals surface area contributed by atoms with Gasteiger partial charge in [0.15, 0.2) is 0 Å². The van der Waals surface area contributed by atoms with Gasteiger partial charge in [-0.05, 0) is 24.7 Å². The predicted molar refractivity (Wildman–Crippen MR) is 76.6 cm³/mol. The lowest BCUT2D eigenvalue weighted by Crippen LogP contribution is -2.31. The zero-order chi connectivity index (χ0) is 14.1. The van der Waals surface area contributed by atoms with Gasteiger partial charge in [0.25, 0.3) is 0 Å². The average molecular weight is 262 g/mol. The molecule has 0 aliphatic heterocycles. The maximum Gasteiger partial charge on any atom is 0.0900 e. The molecular formula is C15H22N2O2. The molecule has 0 radical (unpaired) electrons. The van der Waals surface area contributed by atoms with Crippen LogP contribution < -0.4 is 5.73 Å². The summed E-state index contributed by atoms with van der Waals surface area (Å²) < 4.78 is 4.91. The Hall–Kier alpha value is -1.38. The van der Waals surface area contributed by atoms with E-state index < -0.39 is 6.10 Å². The van der Waals surface area contributed by atoms with Crippen LogP contribution in [-0.2, 0) is 11.3 Å². The number of aliphatic hydroxyl groups is 1. The SMILES string of the molecule is COCC(O)CN(C)Cc1ccc(C#CCN)cc1. The van der Waals surface area contributed by atoms with Crippen molar-refractivity contribution in [1.29, 1.82) is 0 Å². The molecule has 0 amide bonds.